The molecule has 0 aliphatic heterocycles. The molecule has 2 aromatic heterocycles. The zero-order chi connectivity index (χ0) is 19.7. The van der Waals surface area contributed by atoms with Gasteiger partial charge in [-0.3, -0.25) is 4.98 Å². The van der Waals surface area contributed by atoms with E-state index in [4.69, 9.17) is 0 Å². The van der Waals surface area contributed by atoms with Gasteiger partial charge in [0.1, 0.15) is 5.69 Å². The van der Waals surface area contributed by atoms with Gasteiger partial charge in [0.15, 0.2) is 5.69 Å². The van der Waals surface area contributed by atoms with E-state index in [2.05, 4.69) is 9.97 Å². The van der Waals surface area contributed by atoms with E-state index in [1.165, 1.54) is 26.1 Å². The molecule has 0 saturated carbocycles. The molecule has 0 saturated heterocycles. The van der Waals surface area contributed by atoms with Crippen molar-refractivity contribution in [2.75, 3.05) is 0 Å². The van der Waals surface area contributed by atoms with E-state index in [0.717, 1.165) is 18.2 Å². The Morgan fingerprint density at radius 1 is 1.08 bits per heavy atom. The first-order chi connectivity index (χ1) is 11.9. The molecule has 0 radical (unpaired) electrons. The Morgan fingerprint density at radius 2 is 1.73 bits per heavy atom. The monoisotopic (exact) mass is 366 g/mol. The van der Waals surface area contributed by atoms with Crippen molar-refractivity contribution in [1.82, 2.24) is 9.97 Å². The van der Waals surface area contributed by atoms with Crippen LogP contribution in [-0.2, 0) is 18.1 Å². The molecule has 0 aliphatic rings. The summed E-state index contributed by atoms with van der Waals surface area (Å²) in [5, 5.41) is 0. The van der Waals surface area contributed by atoms with Gasteiger partial charge in [0.05, 0.1) is 12.7 Å². The normalized spacial score (nSPS) is 13.9. The molecular weight excluding hydrogens is 339 g/mol. The molecule has 0 aliphatic carbocycles. The summed E-state index contributed by atoms with van der Waals surface area (Å²) in [4.78, 5) is 8.26. The summed E-state index contributed by atoms with van der Waals surface area (Å²) in [7, 11) is 0. The minimum atomic E-state index is -2.99. The van der Waals surface area contributed by atoms with Gasteiger partial charge in [-0.1, -0.05) is 20.8 Å². The fourth-order valence-corrected chi connectivity index (χ4v) is 2.80. The third kappa shape index (κ3) is 4.80. The highest BCUT2D eigenvalue weighted by Crippen LogP contribution is 2.28. The van der Waals surface area contributed by atoms with Crippen molar-refractivity contribution in [2.24, 2.45) is 0 Å². The fraction of sp³-hybridized carbons (Fsp3) is 0.550. The molecule has 1 unspecified atom stereocenters. The van der Waals surface area contributed by atoms with Crippen molar-refractivity contribution in [1.29, 1.82) is 0 Å². The van der Waals surface area contributed by atoms with Gasteiger partial charge in [-0.25, -0.2) is 8.96 Å². The lowest BCUT2D eigenvalue weighted by molar-refractivity contribution is -0.714. The first-order valence-electron chi connectivity index (χ1n) is 8.83. The van der Waals surface area contributed by atoms with E-state index in [1.54, 1.807) is 10.6 Å². The second-order valence-electron chi connectivity index (χ2n) is 7.72. The Labute approximate surface area is 153 Å². The molecule has 26 heavy (non-hydrogen) atoms. The van der Waals surface area contributed by atoms with Crippen molar-refractivity contribution in [3.63, 3.8) is 0 Å². The molecule has 2 aromatic rings. The third-order valence-corrected chi connectivity index (χ3v) is 4.33. The maximum absolute atomic E-state index is 14.7. The highest BCUT2D eigenvalue weighted by Gasteiger charge is 2.34. The molecule has 2 rings (SSSR count). The van der Waals surface area contributed by atoms with Crippen molar-refractivity contribution in [3.8, 4) is 0 Å². The van der Waals surface area contributed by atoms with Gasteiger partial charge in [-0.05, 0) is 36.5 Å². The van der Waals surface area contributed by atoms with Gasteiger partial charge < -0.3 is 0 Å². The molecule has 3 nitrogen and oxygen atoms in total. The van der Waals surface area contributed by atoms with Crippen LogP contribution in [0.5, 0.6) is 0 Å². The molecule has 0 N–H and O–H groups in total. The Hall–Kier alpha value is -1.98. The summed E-state index contributed by atoms with van der Waals surface area (Å²) in [6.45, 7) is 10.2. The van der Waals surface area contributed by atoms with Crippen LogP contribution in [0.2, 0.25) is 0 Å². The Balaban J connectivity index is 2.36. The summed E-state index contributed by atoms with van der Waals surface area (Å²) >= 11 is 0. The van der Waals surface area contributed by atoms with E-state index in [0.29, 0.717) is 12.4 Å². The average molecular weight is 366 g/mol. The van der Waals surface area contributed by atoms with Crippen LogP contribution in [0.1, 0.15) is 76.2 Å². The van der Waals surface area contributed by atoms with Crippen LogP contribution in [0.4, 0.5) is 13.2 Å². The van der Waals surface area contributed by atoms with Crippen LogP contribution >= 0.6 is 0 Å². The fourth-order valence-electron chi connectivity index (χ4n) is 2.80. The maximum atomic E-state index is 14.7. The predicted molar refractivity (Wildman–Crippen MR) is 94.9 cm³/mol. The van der Waals surface area contributed by atoms with Gasteiger partial charge in [0, 0.05) is 31.0 Å². The third-order valence-electron chi connectivity index (χ3n) is 4.33. The molecule has 0 aromatic carbocycles. The molecular formula is C20H27F3N3+. The van der Waals surface area contributed by atoms with E-state index in [1.807, 2.05) is 33.0 Å². The molecule has 2 heterocycles. The number of hydrogen-bond acceptors (Lipinski definition) is 2. The standard InChI is InChI=1S/C20H27F3N3/c1-13(2)16-8-10-26(18(25-16)19(4,5)21)12-14(3)15-7-9-24-17(11-15)20(6,22)23/h7-11,13-14H,12H2,1-6H3/q+1. The summed E-state index contributed by atoms with van der Waals surface area (Å²) in [5.41, 5.74) is -0.304. The highest BCUT2D eigenvalue weighted by atomic mass is 19.3. The van der Waals surface area contributed by atoms with Crippen LogP contribution < -0.4 is 4.57 Å². The van der Waals surface area contributed by atoms with Gasteiger partial charge in [0.2, 0.25) is 5.67 Å². The lowest BCUT2D eigenvalue weighted by Crippen LogP contribution is -2.45. The summed E-state index contributed by atoms with van der Waals surface area (Å²) in [6.07, 6.45) is 3.22. The number of halogens is 3. The number of nitrogens with zero attached hydrogens (tertiary/aromatic N) is 3. The Morgan fingerprint density at radius 3 is 2.27 bits per heavy atom. The van der Waals surface area contributed by atoms with Gasteiger partial charge in [-0.2, -0.15) is 8.78 Å². The minimum absolute atomic E-state index is 0.100. The van der Waals surface area contributed by atoms with Crippen molar-refractivity contribution < 1.29 is 17.7 Å². The number of aromatic nitrogens is 3. The van der Waals surface area contributed by atoms with Crippen LogP contribution in [0.25, 0.3) is 0 Å². The number of rotatable bonds is 6. The van der Waals surface area contributed by atoms with Gasteiger partial charge in [0.25, 0.3) is 5.92 Å². The van der Waals surface area contributed by atoms with Crippen LogP contribution in [0.15, 0.2) is 30.6 Å². The van der Waals surface area contributed by atoms with E-state index >= 15 is 0 Å². The highest BCUT2D eigenvalue weighted by molar-refractivity contribution is 5.22. The summed E-state index contributed by atoms with van der Waals surface area (Å²) in [5.74, 6) is -2.56. The zero-order valence-corrected chi connectivity index (χ0v) is 16.2. The predicted octanol–water partition coefficient (Wildman–Crippen LogP) is 5.01. The van der Waals surface area contributed by atoms with Crippen LogP contribution in [0.3, 0.4) is 0 Å². The molecule has 0 spiro atoms. The van der Waals surface area contributed by atoms with Crippen LogP contribution in [-0.4, -0.2) is 9.97 Å². The zero-order valence-electron chi connectivity index (χ0n) is 16.2. The summed E-state index contributed by atoms with van der Waals surface area (Å²) in [6, 6.07) is 5.02. The lowest BCUT2D eigenvalue weighted by Gasteiger charge is -2.18. The molecule has 0 amide bonds. The molecule has 1 atom stereocenters. The van der Waals surface area contributed by atoms with Crippen LogP contribution in [0, 0.1) is 0 Å². The molecule has 6 heteroatoms. The number of alkyl halides is 3. The molecule has 0 bridgehead atoms. The first-order valence-corrected chi connectivity index (χ1v) is 8.83. The minimum Gasteiger partial charge on any atom is -0.255 e. The summed E-state index contributed by atoms with van der Waals surface area (Å²) < 4.78 is 43.5. The first kappa shape index (κ1) is 20.3. The molecule has 142 valence electrons. The number of hydrogen-bond donors (Lipinski definition) is 0. The van der Waals surface area contributed by atoms with Gasteiger partial charge in [-0.15, -0.1) is 0 Å². The van der Waals surface area contributed by atoms with Crippen molar-refractivity contribution in [2.45, 2.75) is 71.5 Å². The lowest BCUT2D eigenvalue weighted by atomic mass is 9.99. The van der Waals surface area contributed by atoms with Gasteiger partial charge >= 0.3 is 5.82 Å². The largest absolute Gasteiger partial charge is 0.335 e. The van der Waals surface area contributed by atoms with E-state index < -0.39 is 11.6 Å². The quantitative estimate of drug-likeness (QED) is 0.673. The topological polar surface area (TPSA) is 29.7 Å². The van der Waals surface area contributed by atoms with E-state index in [-0.39, 0.29) is 17.5 Å². The Bertz CT molecular complexity index is 762. The SMILES string of the molecule is CC(C)c1cc[n+](CC(C)c2ccnc(C(C)(F)F)c2)c(C(C)(C)F)n1. The Kier molecular flexibility index (Phi) is 5.73. The molecule has 0 fully saturated rings. The average Bonchev–Trinajstić information content (AvgIpc) is 2.53. The second-order valence-corrected chi connectivity index (χ2v) is 7.72. The van der Waals surface area contributed by atoms with E-state index in [9.17, 15) is 13.2 Å². The second kappa shape index (κ2) is 7.33. The maximum Gasteiger partial charge on any atom is 0.335 e. The number of pyridine rings is 1. The smallest absolute Gasteiger partial charge is 0.255 e. The van der Waals surface area contributed by atoms with Crippen molar-refractivity contribution >= 4 is 0 Å². The van der Waals surface area contributed by atoms with Crippen molar-refractivity contribution in [3.05, 3.63) is 53.4 Å².